The van der Waals surface area contributed by atoms with Crippen LogP contribution in [0.2, 0.25) is 0 Å². The first-order valence-electron chi connectivity index (χ1n) is 8.19. The molecule has 1 saturated heterocycles. The molecule has 0 aromatic heterocycles. The monoisotopic (exact) mass is 379 g/mol. The Labute approximate surface area is 157 Å². The molecule has 0 radical (unpaired) electrons. The van der Waals surface area contributed by atoms with Crippen LogP contribution in [0.25, 0.3) is 6.08 Å². The molecule has 7 heteroatoms. The number of hydrogen-bond donors (Lipinski definition) is 0. The van der Waals surface area contributed by atoms with Gasteiger partial charge in [0.25, 0.3) is 5.91 Å². The SMILES string of the molecule is CCCOc1ccc(/C=C2\SC(=S)N(CCC(=O)OCC)C2=O)cc1. The second kappa shape index (κ2) is 9.58. The minimum Gasteiger partial charge on any atom is -0.494 e. The fraction of sp³-hybridized carbons (Fsp3) is 0.389. The third kappa shape index (κ3) is 5.57. The highest BCUT2D eigenvalue weighted by Gasteiger charge is 2.32. The van der Waals surface area contributed by atoms with E-state index in [1.54, 1.807) is 13.0 Å². The second-order valence-corrected chi connectivity index (χ2v) is 6.98. The van der Waals surface area contributed by atoms with Crippen LogP contribution in [-0.4, -0.2) is 40.9 Å². The van der Waals surface area contributed by atoms with Crippen molar-refractivity contribution in [2.24, 2.45) is 0 Å². The number of carbonyl (C=O) groups excluding carboxylic acids is 2. The van der Waals surface area contributed by atoms with Gasteiger partial charge in [0.1, 0.15) is 10.1 Å². The van der Waals surface area contributed by atoms with E-state index in [0.717, 1.165) is 17.7 Å². The summed E-state index contributed by atoms with van der Waals surface area (Å²) in [6.07, 6.45) is 2.89. The van der Waals surface area contributed by atoms with Crippen molar-refractivity contribution in [3.63, 3.8) is 0 Å². The van der Waals surface area contributed by atoms with Gasteiger partial charge in [-0.05, 0) is 37.1 Å². The second-order valence-electron chi connectivity index (χ2n) is 5.31. The number of carbonyl (C=O) groups is 2. The lowest BCUT2D eigenvalue weighted by atomic mass is 10.2. The molecule has 0 spiro atoms. The third-order valence-electron chi connectivity index (χ3n) is 3.37. The van der Waals surface area contributed by atoms with Crippen molar-refractivity contribution < 1.29 is 19.1 Å². The fourth-order valence-corrected chi connectivity index (χ4v) is 3.47. The molecule has 0 saturated carbocycles. The average Bonchev–Trinajstić information content (AvgIpc) is 2.86. The minimum atomic E-state index is -0.330. The molecule has 1 heterocycles. The number of esters is 1. The van der Waals surface area contributed by atoms with Crippen molar-refractivity contribution in [1.82, 2.24) is 4.90 Å². The molecular formula is C18H21NO4S2. The summed E-state index contributed by atoms with van der Waals surface area (Å²) >= 11 is 6.50. The molecule has 1 aromatic rings. The predicted octanol–water partition coefficient (Wildman–Crippen LogP) is 3.63. The Kier molecular flexibility index (Phi) is 7.46. The highest BCUT2D eigenvalue weighted by Crippen LogP contribution is 2.32. The maximum atomic E-state index is 12.5. The van der Waals surface area contributed by atoms with Gasteiger partial charge in [0.15, 0.2) is 0 Å². The van der Waals surface area contributed by atoms with E-state index in [9.17, 15) is 9.59 Å². The molecule has 0 aliphatic carbocycles. The summed E-state index contributed by atoms with van der Waals surface area (Å²) in [6.45, 7) is 5.05. The summed E-state index contributed by atoms with van der Waals surface area (Å²) in [5.41, 5.74) is 0.898. The quantitative estimate of drug-likeness (QED) is 0.391. The van der Waals surface area contributed by atoms with E-state index in [4.69, 9.17) is 21.7 Å². The van der Waals surface area contributed by atoms with Gasteiger partial charge in [-0.1, -0.05) is 43.0 Å². The smallest absolute Gasteiger partial charge is 0.307 e. The standard InChI is InChI=1S/C18H21NO4S2/c1-3-11-23-14-7-5-13(6-8-14)12-15-17(21)19(18(24)25-15)10-9-16(20)22-4-2/h5-8,12H,3-4,9-11H2,1-2H3/b15-12-. The van der Waals surface area contributed by atoms with Crippen molar-refractivity contribution in [2.45, 2.75) is 26.7 Å². The lowest BCUT2D eigenvalue weighted by Crippen LogP contribution is -2.30. The van der Waals surface area contributed by atoms with Crippen LogP contribution in [0.1, 0.15) is 32.3 Å². The van der Waals surface area contributed by atoms with E-state index in [1.807, 2.05) is 24.3 Å². The highest BCUT2D eigenvalue weighted by atomic mass is 32.2. The van der Waals surface area contributed by atoms with Gasteiger partial charge in [-0.2, -0.15) is 0 Å². The first-order valence-corrected chi connectivity index (χ1v) is 9.41. The Morgan fingerprint density at radius 3 is 2.64 bits per heavy atom. The Morgan fingerprint density at radius 2 is 2.00 bits per heavy atom. The molecular weight excluding hydrogens is 358 g/mol. The van der Waals surface area contributed by atoms with Crippen LogP contribution in [0, 0.1) is 0 Å². The lowest BCUT2D eigenvalue weighted by Gasteiger charge is -2.13. The zero-order valence-corrected chi connectivity index (χ0v) is 16.0. The molecule has 0 N–H and O–H groups in total. The normalized spacial score (nSPS) is 15.8. The summed E-state index contributed by atoms with van der Waals surface area (Å²) in [6, 6.07) is 7.55. The molecule has 1 aliphatic heterocycles. The molecule has 0 atom stereocenters. The van der Waals surface area contributed by atoms with E-state index in [2.05, 4.69) is 6.92 Å². The molecule has 0 unspecified atom stereocenters. The number of ether oxygens (including phenoxy) is 2. The molecule has 2 rings (SSSR count). The van der Waals surface area contributed by atoms with Crippen LogP contribution in [0.3, 0.4) is 0 Å². The van der Waals surface area contributed by atoms with Crippen LogP contribution in [0.15, 0.2) is 29.2 Å². The summed E-state index contributed by atoms with van der Waals surface area (Å²) in [4.78, 5) is 25.9. The maximum absolute atomic E-state index is 12.5. The first-order chi connectivity index (χ1) is 12.0. The molecule has 1 fully saturated rings. The molecule has 1 aliphatic rings. The summed E-state index contributed by atoms with van der Waals surface area (Å²) in [5.74, 6) is 0.301. The van der Waals surface area contributed by atoms with Gasteiger partial charge in [-0.25, -0.2) is 0 Å². The topological polar surface area (TPSA) is 55.8 Å². The zero-order valence-electron chi connectivity index (χ0n) is 14.3. The largest absolute Gasteiger partial charge is 0.494 e. The zero-order chi connectivity index (χ0) is 18.2. The number of hydrogen-bond acceptors (Lipinski definition) is 6. The number of thioether (sulfide) groups is 1. The number of thiocarbonyl (C=S) groups is 1. The van der Waals surface area contributed by atoms with Gasteiger partial charge in [0.05, 0.1) is 24.5 Å². The fourth-order valence-electron chi connectivity index (χ4n) is 2.16. The van der Waals surface area contributed by atoms with E-state index < -0.39 is 0 Å². The van der Waals surface area contributed by atoms with Crippen LogP contribution in [0.4, 0.5) is 0 Å². The summed E-state index contributed by atoms with van der Waals surface area (Å²) < 4.78 is 10.9. The number of benzene rings is 1. The maximum Gasteiger partial charge on any atom is 0.307 e. The highest BCUT2D eigenvalue weighted by molar-refractivity contribution is 8.26. The van der Waals surface area contributed by atoms with Crippen LogP contribution >= 0.6 is 24.0 Å². The molecule has 1 aromatic carbocycles. The van der Waals surface area contributed by atoms with E-state index in [-0.39, 0.29) is 24.8 Å². The molecule has 0 bridgehead atoms. The van der Waals surface area contributed by atoms with Gasteiger partial charge < -0.3 is 9.47 Å². The number of nitrogens with zero attached hydrogens (tertiary/aromatic N) is 1. The van der Waals surface area contributed by atoms with E-state index in [0.29, 0.717) is 22.4 Å². The van der Waals surface area contributed by atoms with Crippen LogP contribution < -0.4 is 4.74 Å². The van der Waals surface area contributed by atoms with Gasteiger partial charge in [-0.15, -0.1) is 0 Å². The van der Waals surface area contributed by atoms with Gasteiger partial charge >= 0.3 is 5.97 Å². The van der Waals surface area contributed by atoms with Gasteiger partial charge in [0.2, 0.25) is 0 Å². The number of amides is 1. The Morgan fingerprint density at radius 1 is 1.28 bits per heavy atom. The number of rotatable bonds is 8. The van der Waals surface area contributed by atoms with Crippen molar-refractivity contribution in [2.75, 3.05) is 19.8 Å². The van der Waals surface area contributed by atoms with Gasteiger partial charge in [-0.3, -0.25) is 14.5 Å². The molecule has 5 nitrogen and oxygen atoms in total. The average molecular weight is 380 g/mol. The van der Waals surface area contributed by atoms with E-state index in [1.165, 1.54) is 16.7 Å². The third-order valence-corrected chi connectivity index (χ3v) is 4.75. The summed E-state index contributed by atoms with van der Waals surface area (Å²) in [5, 5.41) is 0. The molecule has 1 amide bonds. The lowest BCUT2D eigenvalue weighted by molar-refractivity contribution is -0.143. The van der Waals surface area contributed by atoms with Gasteiger partial charge in [0, 0.05) is 6.54 Å². The first kappa shape index (κ1) is 19.5. The Hall–Kier alpha value is -1.86. The van der Waals surface area contributed by atoms with Crippen molar-refractivity contribution in [3.8, 4) is 5.75 Å². The van der Waals surface area contributed by atoms with Crippen molar-refractivity contribution in [1.29, 1.82) is 0 Å². The molecule has 25 heavy (non-hydrogen) atoms. The van der Waals surface area contributed by atoms with Crippen LogP contribution in [-0.2, 0) is 14.3 Å². The Balaban J connectivity index is 2.00. The minimum absolute atomic E-state index is 0.136. The van der Waals surface area contributed by atoms with E-state index >= 15 is 0 Å². The summed E-state index contributed by atoms with van der Waals surface area (Å²) in [7, 11) is 0. The van der Waals surface area contributed by atoms with Crippen molar-refractivity contribution >= 4 is 46.3 Å². The van der Waals surface area contributed by atoms with Crippen molar-refractivity contribution in [3.05, 3.63) is 34.7 Å². The Bertz CT molecular complexity index is 670. The van der Waals surface area contributed by atoms with Crippen LogP contribution in [0.5, 0.6) is 5.75 Å². The predicted molar refractivity (Wildman–Crippen MR) is 103 cm³/mol. The molecule has 134 valence electrons.